The van der Waals surface area contributed by atoms with Crippen molar-refractivity contribution in [3.05, 3.63) is 29.8 Å². The van der Waals surface area contributed by atoms with Gasteiger partial charge in [0.2, 0.25) is 0 Å². The molecule has 0 aliphatic carbocycles. The number of aliphatic hydroxyl groups excluding tert-OH is 1. The Morgan fingerprint density at radius 1 is 1.33 bits per heavy atom. The van der Waals surface area contributed by atoms with Crippen molar-refractivity contribution < 1.29 is 15.0 Å². The van der Waals surface area contributed by atoms with Gasteiger partial charge in [-0.3, -0.25) is 4.79 Å². The fourth-order valence-electron chi connectivity index (χ4n) is 1.44. The molecule has 0 aromatic heterocycles. The SMILES string of the molecule is CC(=O)C(O)CC(C)c1ccc(O)cc1. The minimum absolute atomic E-state index is 0.101. The first kappa shape index (κ1) is 11.7. The molecule has 0 heterocycles. The van der Waals surface area contributed by atoms with Gasteiger partial charge < -0.3 is 10.2 Å². The summed E-state index contributed by atoms with van der Waals surface area (Å²) in [5, 5.41) is 18.5. The lowest BCUT2D eigenvalue weighted by Gasteiger charge is -2.14. The summed E-state index contributed by atoms with van der Waals surface area (Å²) in [7, 11) is 0. The first-order valence-electron chi connectivity index (χ1n) is 4.98. The topological polar surface area (TPSA) is 57.5 Å². The Bertz CT molecular complexity index is 329. The molecule has 1 aromatic carbocycles. The van der Waals surface area contributed by atoms with E-state index in [0.29, 0.717) is 6.42 Å². The third-order valence-electron chi connectivity index (χ3n) is 2.51. The van der Waals surface area contributed by atoms with E-state index in [-0.39, 0.29) is 17.5 Å². The normalized spacial score (nSPS) is 14.6. The van der Waals surface area contributed by atoms with E-state index in [1.54, 1.807) is 24.3 Å². The molecular weight excluding hydrogens is 192 g/mol. The molecule has 0 fully saturated rings. The van der Waals surface area contributed by atoms with E-state index in [0.717, 1.165) is 5.56 Å². The molecule has 2 N–H and O–H groups in total. The predicted molar refractivity (Wildman–Crippen MR) is 57.8 cm³/mol. The first-order chi connectivity index (χ1) is 7.00. The van der Waals surface area contributed by atoms with E-state index in [9.17, 15) is 9.90 Å². The summed E-state index contributed by atoms with van der Waals surface area (Å²) in [4.78, 5) is 10.9. The average molecular weight is 208 g/mol. The molecule has 82 valence electrons. The van der Waals surface area contributed by atoms with Gasteiger partial charge in [0.15, 0.2) is 5.78 Å². The number of benzene rings is 1. The standard InChI is InChI=1S/C12H16O3/c1-8(7-12(15)9(2)13)10-3-5-11(14)6-4-10/h3-6,8,12,14-15H,7H2,1-2H3. The Morgan fingerprint density at radius 2 is 1.87 bits per heavy atom. The number of aliphatic hydroxyl groups is 1. The van der Waals surface area contributed by atoms with Crippen LogP contribution in [-0.2, 0) is 4.79 Å². The highest BCUT2D eigenvalue weighted by atomic mass is 16.3. The summed E-state index contributed by atoms with van der Waals surface area (Å²) in [6.07, 6.45) is -0.478. The highest BCUT2D eigenvalue weighted by Gasteiger charge is 2.15. The molecule has 15 heavy (non-hydrogen) atoms. The number of Topliss-reactive ketones (excluding diaryl/α,β-unsaturated/α-hetero) is 1. The zero-order chi connectivity index (χ0) is 11.4. The van der Waals surface area contributed by atoms with Crippen molar-refractivity contribution in [2.24, 2.45) is 0 Å². The molecule has 2 unspecified atom stereocenters. The molecule has 0 aliphatic rings. The Morgan fingerprint density at radius 3 is 2.33 bits per heavy atom. The number of carbonyl (C=O) groups excluding carboxylic acids is 1. The number of hydrogen-bond donors (Lipinski definition) is 2. The van der Waals surface area contributed by atoms with Gasteiger partial charge in [-0.05, 0) is 37.0 Å². The summed E-state index contributed by atoms with van der Waals surface area (Å²) < 4.78 is 0. The molecule has 0 spiro atoms. The fourth-order valence-corrected chi connectivity index (χ4v) is 1.44. The number of carbonyl (C=O) groups is 1. The van der Waals surface area contributed by atoms with Crippen molar-refractivity contribution in [1.29, 1.82) is 0 Å². The van der Waals surface area contributed by atoms with Gasteiger partial charge in [0, 0.05) is 0 Å². The van der Waals surface area contributed by atoms with E-state index in [1.165, 1.54) is 6.92 Å². The summed E-state index contributed by atoms with van der Waals surface area (Å²) in [6.45, 7) is 3.33. The summed E-state index contributed by atoms with van der Waals surface area (Å²) in [5.74, 6) is 0.114. The van der Waals surface area contributed by atoms with Crippen LogP contribution >= 0.6 is 0 Å². The van der Waals surface area contributed by atoms with E-state index in [2.05, 4.69) is 0 Å². The van der Waals surface area contributed by atoms with Crippen LogP contribution in [0.1, 0.15) is 31.7 Å². The zero-order valence-electron chi connectivity index (χ0n) is 8.97. The average Bonchev–Trinajstić information content (AvgIpc) is 2.18. The Balaban J connectivity index is 2.64. The minimum atomic E-state index is -0.895. The second-order valence-corrected chi connectivity index (χ2v) is 3.85. The van der Waals surface area contributed by atoms with Crippen molar-refractivity contribution in [1.82, 2.24) is 0 Å². The van der Waals surface area contributed by atoms with Gasteiger partial charge in [-0.2, -0.15) is 0 Å². The lowest BCUT2D eigenvalue weighted by molar-refractivity contribution is -0.125. The number of hydrogen-bond acceptors (Lipinski definition) is 3. The molecule has 1 aromatic rings. The molecule has 0 aliphatic heterocycles. The van der Waals surface area contributed by atoms with Crippen LogP contribution < -0.4 is 0 Å². The number of aromatic hydroxyl groups is 1. The van der Waals surface area contributed by atoms with E-state index in [1.807, 2.05) is 6.92 Å². The van der Waals surface area contributed by atoms with Crippen molar-refractivity contribution in [3.63, 3.8) is 0 Å². The van der Waals surface area contributed by atoms with Crippen LogP contribution in [0.5, 0.6) is 5.75 Å². The van der Waals surface area contributed by atoms with Crippen molar-refractivity contribution in [2.45, 2.75) is 32.3 Å². The monoisotopic (exact) mass is 208 g/mol. The minimum Gasteiger partial charge on any atom is -0.508 e. The lowest BCUT2D eigenvalue weighted by atomic mass is 9.94. The van der Waals surface area contributed by atoms with E-state index in [4.69, 9.17) is 5.11 Å². The van der Waals surface area contributed by atoms with Crippen molar-refractivity contribution in [2.75, 3.05) is 0 Å². The van der Waals surface area contributed by atoms with Crippen LogP contribution in [0, 0.1) is 0 Å². The van der Waals surface area contributed by atoms with Gasteiger partial charge in [-0.15, -0.1) is 0 Å². The molecule has 3 heteroatoms. The fraction of sp³-hybridized carbons (Fsp3) is 0.417. The van der Waals surface area contributed by atoms with Crippen LogP contribution in [-0.4, -0.2) is 22.1 Å². The third kappa shape index (κ3) is 3.36. The summed E-state index contributed by atoms with van der Waals surface area (Å²) in [5.41, 5.74) is 1.01. The van der Waals surface area contributed by atoms with Crippen LogP contribution in [0.15, 0.2) is 24.3 Å². The predicted octanol–water partition coefficient (Wildman–Crippen LogP) is 1.84. The Kier molecular flexibility index (Phi) is 3.86. The Labute approximate surface area is 89.4 Å². The second-order valence-electron chi connectivity index (χ2n) is 3.85. The van der Waals surface area contributed by atoms with Gasteiger partial charge in [0.05, 0.1) is 0 Å². The summed E-state index contributed by atoms with van der Waals surface area (Å²) in [6, 6.07) is 6.80. The molecular formula is C12H16O3. The van der Waals surface area contributed by atoms with Crippen LogP contribution in [0.2, 0.25) is 0 Å². The quantitative estimate of drug-likeness (QED) is 0.793. The third-order valence-corrected chi connectivity index (χ3v) is 2.51. The molecule has 0 radical (unpaired) electrons. The van der Waals surface area contributed by atoms with Gasteiger partial charge in [0.1, 0.15) is 11.9 Å². The first-order valence-corrected chi connectivity index (χ1v) is 4.98. The number of phenolic OH excluding ortho intramolecular Hbond substituents is 1. The number of phenols is 1. The van der Waals surface area contributed by atoms with Gasteiger partial charge in [0.25, 0.3) is 0 Å². The maximum absolute atomic E-state index is 10.9. The molecule has 0 amide bonds. The highest BCUT2D eigenvalue weighted by molar-refractivity contribution is 5.80. The lowest BCUT2D eigenvalue weighted by Crippen LogP contribution is -2.19. The molecule has 1 rings (SSSR count). The molecule has 2 atom stereocenters. The highest BCUT2D eigenvalue weighted by Crippen LogP contribution is 2.22. The van der Waals surface area contributed by atoms with Gasteiger partial charge >= 0.3 is 0 Å². The van der Waals surface area contributed by atoms with Gasteiger partial charge in [-0.25, -0.2) is 0 Å². The zero-order valence-corrected chi connectivity index (χ0v) is 8.97. The van der Waals surface area contributed by atoms with Crippen LogP contribution in [0.25, 0.3) is 0 Å². The van der Waals surface area contributed by atoms with Crippen molar-refractivity contribution in [3.8, 4) is 5.75 Å². The smallest absolute Gasteiger partial charge is 0.158 e. The maximum atomic E-state index is 10.9. The summed E-state index contributed by atoms with van der Waals surface area (Å²) >= 11 is 0. The Hall–Kier alpha value is -1.35. The largest absolute Gasteiger partial charge is 0.508 e. The molecule has 0 saturated heterocycles. The number of rotatable bonds is 4. The van der Waals surface area contributed by atoms with Crippen LogP contribution in [0.3, 0.4) is 0 Å². The second kappa shape index (κ2) is 4.94. The van der Waals surface area contributed by atoms with Gasteiger partial charge in [-0.1, -0.05) is 19.1 Å². The maximum Gasteiger partial charge on any atom is 0.158 e. The molecule has 3 nitrogen and oxygen atoms in total. The van der Waals surface area contributed by atoms with E-state index < -0.39 is 6.10 Å². The molecule has 0 bridgehead atoms. The van der Waals surface area contributed by atoms with Crippen LogP contribution in [0.4, 0.5) is 0 Å². The van der Waals surface area contributed by atoms with E-state index >= 15 is 0 Å². The van der Waals surface area contributed by atoms with Crippen molar-refractivity contribution >= 4 is 5.78 Å². The number of ketones is 1. The molecule has 0 saturated carbocycles.